The molecule has 1 aromatic carbocycles. The first-order valence-electron chi connectivity index (χ1n) is 10.9. The maximum atomic E-state index is 13.3. The topological polar surface area (TPSA) is 90.0 Å². The zero-order valence-electron chi connectivity index (χ0n) is 19.4. The zero-order chi connectivity index (χ0) is 23.7. The van der Waals surface area contributed by atoms with E-state index < -0.39 is 27.4 Å². The number of sulfonamides is 1. The van der Waals surface area contributed by atoms with E-state index in [4.69, 9.17) is 9.47 Å². The summed E-state index contributed by atoms with van der Waals surface area (Å²) in [5.74, 6) is -1.28. The van der Waals surface area contributed by atoms with Crippen molar-refractivity contribution in [3.05, 3.63) is 52.1 Å². The number of nitrogens with zero attached hydrogens (tertiary/aromatic N) is 1. The third-order valence-corrected chi connectivity index (χ3v) is 7.90. The molecule has 2 aliphatic rings. The number of hydrogen-bond donors (Lipinski definition) is 0. The van der Waals surface area contributed by atoms with Gasteiger partial charge in [-0.3, -0.25) is 9.59 Å². The van der Waals surface area contributed by atoms with Gasteiger partial charge in [0, 0.05) is 19.5 Å². The molecule has 0 spiro atoms. The Labute approximate surface area is 190 Å². The lowest BCUT2D eigenvalue weighted by Gasteiger charge is -2.30. The highest BCUT2D eigenvalue weighted by atomic mass is 32.2. The largest absolute Gasteiger partial charge is 0.465 e. The van der Waals surface area contributed by atoms with Crippen LogP contribution in [-0.4, -0.2) is 51.0 Å². The van der Waals surface area contributed by atoms with Crippen molar-refractivity contribution in [2.75, 3.05) is 26.3 Å². The van der Waals surface area contributed by atoms with Crippen molar-refractivity contribution in [1.82, 2.24) is 4.31 Å². The van der Waals surface area contributed by atoms with E-state index in [1.807, 2.05) is 20.8 Å². The summed E-state index contributed by atoms with van der Waals surface area (Å²) in [6, 6.07) is 6.75. The Hall–Kier alpha value is -2.45. The van der Waals surface area contributed by atoms with Crippen molar-refractivity contribution in [2.45, 2.75) is 52.4 Å². The number of rotatable bonds is 6. The van der Waals surface area contributed by atoms with Gasteiger partial charge in [0.2, 0.25) is 10.0 Å². The van der Waals surface area contributed by atoms with E-state index in [0.717, 1.165) is 22.3 Å². The minimum absolute atomic E-state index is 0.104. The minimum Gasteiger partial charge on any atom is -0.465 e. The number of ether oxygens (including phenoxy) is 2. The average molecular weight is 462 g/mol. The fourth-order valence-electron chi connectivity index (χ4n) is 4.63. The Balaban J connectivity index is 2.04. The summed E-state index contributed by atoms with van der Waals surface area (Å²) < 4.78 is 38.7. The van der Waals surface area contributed by atoms with Crippen LogP contribution in [0.4, 0.5) is 0 Å². The molecule has 1 aromatic rings. The molecule has 8 heteroatoms. The molecule has 0 radical (unpaired) electrons. The van der Waals surface area contributed by atoms with Gasteiger partial charge in [0.15, 0.2) is 5.41 Å². The summed E-state index contributed by atoms with van der Waals surface area (Å²) in [5.41, 5.74) is 2.34. The molecule has 0 fully saturated rings. The van der Waals surface area contributed by atoms with Crippen molar-refractivity contribution in [3.8, 4) is 0 Å². The van der Waals surface area contributed by atoms with Crippen LogP contribution in [-0.2, 0) is 29.1 Å². The highest BCUT2D eigenvalue weighted by Gasteiger charge is 2.58. The van der Waals surface area contributed by atoms with Crippen molar-refractivity contribution in [3.63, 3.8) is 0 Å². The van der Waals surface area contributed by atoms with Crippen LogP contribution in [0.25, 0.3) is 0 Å². The first kappa shape index (κ1) is 24.2. The average Bonchev–Trinajstić information content (AvgIpc) is 3.10. The molecule has 1 aliphatic heterocycles. The normalized spacial score (nSPS) is 18.3. The molecular weight excluding hydrogens is 430 g/mol. The van der Waals surface area contributed by atoms with E-state index in [-0.39, 0.29) is 37.6 Å². The molecule has 0 amide bonds. The molecular formula is C24H31NO6S. The summed E-state index contributed by atoms with van der Waals surface area (Å²) in [7, 11) is -3.72. The lowest BCUT2D eigenvalue weighted by molar-refractivity contribution is -0.168. The predicted octanol–water partition coefficient (Wildman–Crippen LogP) is 3.54. The highest BCUT2D eigenvalue weighted by molar-refractivity contribution is 7.89. The van der Waals surface area contributed by atoms with Crippen LogP contribution in [0, 0.1) is 12.3 Å². The summed E-state index contributed by atoms with van der Waals surface area (Å²) in [6.45, 7) is 9.59. The fraction of sp³-hybridized carbons (Fsp3) is 0.500. The molecule has 0 bridgehead atoms. The van der Waals surface area contributed by atoms with Crippen molar-refractivity contribution in [2.24, 2.45) is 5.41 Å². The molecule has 0 unspecified atom stereocenters. The van der Waals surface area contributed by atoms with Gasteiger partial charge >= 0.3 is 11.9 Å². The Bertz CT molecular complexity index is 1060. The van der Waals surface area contributed by atoms with Crippen LogP contribution in [0.1, 0.15) is 46.1 Å². The van der Waals surface area contributed by atoms with Gasteiger partial charge in [0.05, 0.1) is 18.1 Å². The van der Waals surface area contributed by atoms with E-state index >= 15 is 0 Å². The van der Waals surface area contributed by atoms with E-state index in [0.29, 0.717) is 12.0 Å². The van der Waals surface area contributed by atoms with Crippen LogP contribution >= 0.6 is 0 Å². The predicted molar refractivity (Wildman–Crippen MR) is 120 cm³/mol. The number of carbonyl (C=O) groups excluding carboxylic acids is 2. The van der Waals surface area contributed by atoms with E-state index in [1.165, 1.54) is 4.31 Å². The Morgan fingerprint density at radius 3 is 2.09 bits per heavy atom. The highest BCUT2D eigenvalue weighted by Crippen LogP contribution is 2.52. The van der Waals surface area contributed by atoms with Crippen LogP contribution in [0.5, 0.6) is 0 Å². The standard InChI is InChI=1S/C24H31NO6S/c1-6-30-22(26)24(23(27)31-7-2)14-18-12-13-25(15-20(18)21(24)16(3)4)32(28,29)19-10-8-17(5)9-11-19/h8-11H,6-7,12-15H2,1-5H3. The van der Waals surface area contributed by atoms with E-state index in [2.05, 4.69) is 0 Å². The maximum absolute atomic E-state index is 13.3. The van der Waals surface area contributed by atoms with Crippen molar-refractivity contribution in [1.29, 1.82) is 0 Å². The maximum Gasteiger partial charge on any atom is 0.328 e. The molecule has 174 valence electrons. The third-order valence-electron chi connectivity index (χ3n) is 6.04. The van der Waals surface area contributed by atoms with Gasteiger partial charge in [-0.25, -0.2) is 8.42 Å². The molecule has 0 N–H and O–H groups in total. The quantitative estimate of drug-likeness (QED) is 0.476. The van der Waals surface area contributed by atoms with Crippen LogP contribution in [0.15, 0.2) is 51.5 Å². The lowest BCUT2D eigenvalue weighted by atomic mass is 9.77. The van der Waals surface area contributed by atoms with Crippen molar-refractivity contribution >= 4 is 22.0 Å². The third kappa shape index (κ3) is 4.01. The van der Waals surface area contributed by atoms with Gasteiger partial charge in [-0.15, -0.1) is 0 Å². The van der Waals surface area contributed by atoms with Crippen LogP contribution in [0.2, 0.25) is 0 Å². The number of aryl methyl sites for hydroxylation is 1. The number of benzene rings is 1. The second-order valence-electron chi connectivity index (χ2n) is 8.38. The smallest absolute Gasteiger partial charge is 0.328 e. The van der Waals surface area contributed by atoms with Crippen LogP contribution < -0.4 is 0 Å². The molecule has 0 atom stereocenters. The van der Waals surface area contributed by atoms with Crippen molar-refractivity contribution < 1.29 is 27.5 Å². The molecule has 1 aliphatic carbocycles. The second kappa shape index (κ2) is 9.19. The molecule has 32 heavy (non-hydrogen) atoms. The minimum atomic E-state index is -3.72. The summed E-state index contributed by atoms with van der Waals surface area (Å²) in [4.78, 5) is 26.5. The Kier molecular flexibility index (Phi) is 6.95. The molecule has 3 rings (SSSR count). The molecule has 0 aromatic heterocycles. The summed E-state index contributed by atoms with van der Waals surface area (Å²) in [5, 5.41) is 0. The number of carbonyl (C=O) groups is 2. The molecule has 0 saturated heterocycles. The Morgan fingerprint density at radius 1 is 1.03 bits per heavy atom. The lowest BCUT2D eigenvalue weighted by Crippen LogP contribution is -2.43. The summed E-state index contributed by atoms with van der Waals surface area (Å²) >= 11 is 0. The van der Waals surface area contributed by atoms with Gasteiger partial charge < -0.3 is 9.47 Å². The monoisotopic (exact) mass is 461 g/mol. The molecule has 0 saturated carbocycles. The van der Waals surface area contributed by atoms with Gasteiger partial charge in [-0.1, -0.05) is 28.8 Å². The number of allylic oxidation sites excluding steroid dienone is 1. The molecule has 7 nitrogen and oxygen atoms in total. The number of hydrogen-bond acceptors (Lipinski definition) is 6. The van der Waals surface area contributed by atoms with Crippen LogP contribution in [0.3, 0.4) is 0 Å². The Morgan fingerprint density at radius 2 is 1.59 bits per heavy atom. The van der Waals surface area contributed by atoms with Gasteiger partial charge in [0.1, 0.15) is 0 Å². The fourth-order valence-corrected chi connectivity index (χ4v) is 6.04. The van der Waals surface area contributed by atoms with Gasteiger partial charge in [-0.05, 0) is 64.3 Å². The zero-order valence-corrected chi connectivity index (χ0v) is 20.2. The summed E-state index contributed by atoms with van der Waals surface area (Å²) in [6.07, 6.45) is 0.608. The second-order valence-corrected chi connectivity index (χ2v) is 10.3. The SMILES string of the molecule is CCOC(=O)C1(C(=O)OCC)CC2=C(CN(S(=O)(=O)c3ccc(C)cc3)CC2)C1=C(C)C. The first-order chi connectivity index (χ1) is 15.1. The van der Waals surface area contributed by atoms with Gasteiger partial charge in [0.25, 0.3) is 0 Å². The van der Waals surface area contributed by atoms with E-state index in [1.54, 1.807) is 38.1 Å². The molecule has 1 heterocycles. The first-order valence-corrected chi connectivity index (χ1v) is 12.3. The number of esters is 2. The van der Waals surface area contributed by atoms with Gasteiger partial charge in [-0.2, -0.15) is 4.31 Å². The van der Waals surface area contributed by atoms with E-state index in [9.17, 15) is 18.0 Å².